The first-order valence-corrected chi connectivity index (χ1v) is 12.9. The van der Waals surface area contributed by atoms with E-state index in [4.69, 9.17) is 15.0 Å². The lowest BCUT2D eigenvalue weighted by atomic mass is 10.0. The van der Waals surface area contributed by atoms with Crippen molar-refractivity contribution in [1.29, 1.82) is 0 Å². The smallest absolute Gasteiger partial charge is 0.407 e. The van der Waals surface area contributed by atoms with Gasteiger partial charge in [-0.25, -0.2) is 4.79 Å². The molecule has 2 amide bonds. The summed E-state index contributed by atoms with van der Waals surface area (Å²) in [6.45, 7) is 2.36. The van der Waals surface area contributed by atoms with Crippen LogP contribution in [0, 0.1) is 0 Å². The summed E-state index contributed by atoms with van der Waals surface area (Å²) in [7, 11) is 0. The van der Waals surface area contributed by atoms with E-state index in [1.165, 1.54) is 11.1 Å². The molecule has 3 aromatic rings. The third-order valence-corrected chi connectivity index (χ3v) is 6.48. The van der Waals surface area contributed by atoms with E-state index >= 15 is 0 Å². The molecule has 2 aromatic carbocycles. The van der Waals surface area contributed by atoms with E-state index in [1.54, 1.807) is 19.1 Å². The van der Waals surface area contributed by atoms with Crippen molar-refractivity contribution in [1.82, 2.24) is 20.8 Å². The maximum absolute atomic E-state index is 12.9. The zero-order valence-corrected chi connectivity index (χ0v) is 21.4. The fourth-order valence-corrected chi connectivity index (χ4v) is 4.54. The average molecular weight is 520 g/mol. The number of benzene rings is 2. The highest BCUT2D eigenvalue weighted by Crippen LogP contribution is 2.22. The number of Topliss-reactive ketones (excluding diaryl/α,β-unsaturated/α-hetero) is 1. The van der Waals surface area contributed by atoms with Gasteiger partial charge in [0.15, 0.2) is 0 Å². The van der Waals surface area contributed by atoms with Gasteiger partial charge >= 0.3 is 6.09 Å². The van der Waals surface area contributed by atoms with Gasteiger partial charge in [-0.1, -0.05) is 41.6 Å². The Balaban J connectivity index is 1.33. The van der Waals surface area contributed by atoms with E-state index in [-0.39, 0.29) is 30.3 Å². The molecule has 1 atom stereocenters. The molecule has 4 N–H and O–H groups in total. The van der Waals surface area contributed by atoms with Crippen LogP contribution in [-0.2, 0) is 24.0 Å². The summed E-state index contributed by atoms with van der Waals surface area (Å²) in [4.78, 5) is 41.8. The molecule has 0 saturated carbocycles. The number of aromatic nitrogens is 2. The largest absolute Gasteiger partial charge is 0.450 e. The summed E-state index contributed by atoms with van der Waals surface area (Å²) < 4.78 is 10.2. The van der Waals surface area contributed by atoms with Gasteiger partial charge in [0, 0.05) is 11.6 Å². The minimum atomic E-state index is -0.837. The summed E-state index contributed by atoms with van der Waals surface area (Å²) in [5.74, 6) is -0.421. The third kappa shape index (κ3) is 7.04. The van der Waals surface area contributed by atoms with Gasteiger partial charge in [0.1, 0.15) is 0 Å². The molecule has 10 heteroatoms. The highest BCUT2D eigenvalue weighted by Gasteiger charge is 2.27. The Hall–Kier alpha value is -4.05. The Kier molecular flexibility index (Phi) is 9.21. The Morgan fingerprint density at radius 3 is 2.45 bits per heavy atom. The molecule has 0 fully saturated rings. The van der Waals surface area contributed by atoms with E-state index in [2.05, 4.69) is 32.9 Å². The maximum Gasteiger partial charge on any atom is 0.407 e. The predicted octanol–water partition coefficient (Wildman–Crippen LogP) is 2.98. The van der Waals surface area contributed by atoms with Crippen molar-refractivity contribution in [2.75, 3.05) is 13.2 Å². The highest BCUT2D eigenvalue weighted by atomic mass is 16.5. The minimum Gasteiger partial charge on any atom is -0.450 e. The van der Waals surface area contributed by atoms with Crippen LogP contribution in [0.15, 0.2) is 53.1 Å². The molecule has 0 bridgehead atoms. The Labute approximate surface area is 221 Å². The maximum atomic E-state index is 12.9. The van der Waals surface area contributed by atoms with Crippen LogP contribution in [0.5, 0.6) is 0 Å². The molecular weight excluding hydrogens is 486 g/mol. The topological polar surface area (TPSA) is 149 Å². The van der Waals surface area contributed by atoms with Crippen molar-refractivity contribution in [2.24, 2.45) is 5.73 Å². The summed E-state index contributed by atoms with van der Waals surface area (Å²) in [5, 5.41) is 9.50. The number of nitrogens with one attached hydrogen (secondary N) is 2. The molecule has 200 valence electrons. The number of fused-ring (bicyclic) bond motifs is 1. The first-order chi connectivity index (χ1) is 18.5. The summed E-state index contributed by atoms with van der Waals surface area (Å²) in [5.41, 5.74) is 9.53. The van der Waals surface area contributed by atoms with Crippen LogP contribution in [0.25, 0.3) is 0 Å². The quantitative estimate of drug-likeness (QED) is 0.244. The zero-order chi connectivity index (χ0) is 26.9. The van der Waals surface area contributed by atoms with E-state index < -0.39 is 17.9 Å². The lowest BCUT2D eigenvalue weighted by molar-refractivity contribution is 0.0903. The van der Waals surface area contributed by atoms with E-state index in [1.807, 2.05) is 24.3 Å². The van der Waals surface area contributed by atoms with Crippen molar-refractivity contribution in [3.05, 3.63) is 82.5 Å². The summed E-state index contributed by atoms with van der Waals surface area (Å²) in [6.07, 6.45) is 3.04. The lowest BCUT2D eigenvalue weighted by Gasteiger charge is -2.15. The molecule has 0 spiro atoms. The number of ketones is 1. The Morgan fingerprint density at radius 2 is 1.79 bits per heavy atom. The molecule has 1 unspecified atom stereocenters. The molecule has 1 heterocycles. The number of alkyl carbamates (subject to hydrolysis) is 1. The standard InChI is InChI=1S/C28H33N5O5/c1-2-37-28(36)31-23(9-5-6-14-29)25(34)26-32-24(38-33-26)15-18-10-12-19(13-11-18)27(35)30-22-16-20-7-3-4-8-21(20)17-22/h3-4,7-8,10-13,22-23H,2,5-6,9,14-17,29H2,1H3,(H,30,35)(H,31,36). The SMILES string of the molecule is CCOC(=O)NC(CCCCN)C(=O)c1noc(Cc2ccc(C(=O)NC3Cc4ccccc4C3)cc2)n1. The molecule has 1 aliphatic carbocycles. The van der Waals surface area contributed by atoms with Crippen LogP contribution in [-0.4, -0.2) is 53.2 Å². The van der Waals surface area contributed by atoms with Gasteiger partial charge in [0.05, 0.1) is 19.1 Å². The number of rotatable bonds is 12. The summed E-state index contributed by atoms with van der Waals surface area (Å²) >= 11 is 0. The first-order valence-electron chi connectivity index (χ1n) is 12.9. The van der Waals surface area contributed by atoms with Crippen LogP contribution >= 0.6 is 0 Å². The summed E-state index contributed by atoms with van der Waals surface area (Å²) in [6, 6.07) is 14.7. The van der Waals surface area contributed by atoms with Crippen LogP contribution in [0.3, 0.4) is 0 Å². The minimum absolute atomic E-state index is 0.0892. The van der Waals surface area contributed by atoms with E-state index in [0.717, 1.165) is 18.4 Å². The van der Waals surface area contributed by atoms with Crippen molar-refractivity contribution in [3.8, 4) is 0 Å². The van der Waals surface area contributed by atoms with Gasteiger partial charge in [-0.3, -0.25) is 9.59 Å². The number of hydrogen-bond acceptors (Lipinski definition) is 8. The van der Waals surface area contributed by atoms with Gasteiger partial charge in [-0.05, 0) is 74.4 Å². The average Bonchev–Trinajstić information content (AvgIpc) is 3.55. The number of amides is 2. The number of carbonyl (C=O) groups excluding carboxylic acids is 3. The van der Waals surface area contributed by atoms with E-state index in [0.29, 0.717) is 37.8 Å². The van der Waals surface area contributed by atoms with Gasteiger partial charge in [0.2, 0.25) is 17.5 Å². The van der Waals surface area contributed by atoms with Gasteiger partial charge in [0.25, 0.3) is 5.91 Å². The van der Waals surface area contributed by atoms with Gasteiger partial charge < -0.3 is 25.6 Å². The highest BCUT2D eigenvalue weighted by molar-refractivity contribution is 5.98. The molecule has 1 aromatic heterocycles. The second-order valence-corrected chi connectivity index (χ2v) is 9.30. The van der Waals surface area contributed by atoms with Crippen molar-refractivity contribution in [2.45, 2.75) is 57.5 Å². The Morgan fingerprint density at radius 1 is 1.08 bits per heavy atom. The molecule has 0 aliphatic heterocycles. The fraction of sp³-hybridized carbons (Fsp3) is 0.393. The monoisotopic (exact) mass is 519 g/mol. The molecule has 38 heavy (non-hydrogen) atoms. The second-order valence-electron chi connectivity index (χ2n) is 9.30. The number of unbranched alkanes of at least 4 members (excludes halogenated alkanes) is 1. The van der Waals surface area contributed by atoms with Crippen molar-refractivity contribution in [3.63, 3.8) is 0 Å². The second kappa shape index (κ2) is 13.0. The Bertz CT molecular complexity index is 1230. The van der Waals surface area contributed by atoms with Crippen LogP contribution in [0.2, 0.25) is 0 Å². The number of hydrogen-bond donors (Lipinski definition) is 3. The molecule has 10 nitrogen and oxygen atoms in total. The fourth-order valence-electron chi connectivity index (χ4n) is 4.54. The van der Waals surface area contributed by atoms with E-state index in [9.17, 15) is 14.4 Å². The van der Waals surface area contributed by atoms with Crippen LogP contribution < -0.4 is 16.4 Å². The molecular formula is C28H33N5O5. The molecule has 0 saturated heterocycles. The van der Waals surface area contributed by atoms with Gasteiger partial charge in [-0.15, -0.1) is 0 Å². The number of ether oxygens (including phenoxy) is 1. The first kappa shape index (κ1) is 27.0. The third-order valence-electron chi connectivity index (χ3n) is 6.48. The molecule has 4 rings (SSSR count). The normalized spacial score (nSPS) is 13.5. The number of carbonyl (C=O) groups is 3. The zero-order valence-electron chi connectivity index (χ0n) is 21.4. The predicted molar refractivity (Wildman–Crippen MR) is 140 cm³/mol. The molecule has 1 aliphatic rings. The number of nitrogens with two attached hydrogens (primary N) is 1. The molecule has 0 radical (unpaired) electrons. The number of nitrogens with zero attached hydrogens (tertiary/aromatic N) is 2. The lowest BCUT2D eigenvalue weighted by Crippen LogP contribution is -2.41. The van der Waals surface area contributed by atoms with Crippen molar-refractivity contribution >= 4 is 17.8 Å². The van der Waals surface area contributed by atoms with Gasteiger partial charge in [-0.2, -0.15) is 4.98 Å². The van der Waals surface area contributed by atoms with Crippen molar-refractivity contribution < 1.29 is 23.6 Å². The van der Waals surface area contributed by atoms with Crippen LogP contribution in [0.4, 0.5) is 4.79 Å². The van der Waals surface area contributed by atoms with Crippen LogP contribution in [0.1, 0.15) is 69.7 Å².